The molecule has 1 unspecified atom stereocenters. The Kier molecular flexibility index (Phi) is 3.69. The topological polar surface area (TPSA) is 37.8 Å². The molecule has 0 saturated carbocycles. The second kappa shape index (κ2) is 4.60. The van der Waals surface area contributed by atoms with Gasteiger partial charge in [-0.2, -0.15) is 0 Å². The van der Waals surface area contributed by atoms with Gasteiger partial charge in [0.15, 0.2) is 0 Å². The van der Waals surface area contributed by atoms with Gasteiger partial charge < -0.3 is 5.32 Å². The molecule has 0 spiro atoms. The first-order chi connectivity index (χ1) is 6.49. The zero-order chi connectivity index (χ0) is 10.7. The lowest BCUT2D eigenvalue weighted by atomic mass is 10.1. The third-order valence-electron chi connectivity index (χ3n) is 2.20. The first-order valence-electron chi connectivity index (χ1n) is 4.76. The Balaban J connectivity index is 2.76. The van der Waals surface area contributed by atoms with Crippen LogP contribution in [0.2, 0.25) is 5.28 Å². The van der Waals surface area contributed by atoms with Gasteiger partial charge in [-0.25, -0.2) is 9.97 Å². The zero-order valence-electron chi connectivity index (χ0n) is 9.00. The predicted molar refractivity (Wildman–Crippen MR) is 59.7 cm³/mol. The highest BCUT2D eigenvalue weighted by Gasteiger charge is 2.08. The van der Waals surface area contributed by atoms with E-state index in [-0.39, 0.29) is 0 Å². The quantitative estimate of drug-likeness (QED) is 0.785. The predicted octanol–water partition coefficient (Wildman–Crippen LogP) is 2.89. The van der Waals surface area contributed by atoms with Gasteiger partial charge in [-0.3, -0.25) is 0 Å². The molecule has 0 aromatic carbocycles. The first kappa shape index (κ1) is 11.2. The number of nitrogens with zero attached hydrogens (tertiary/aromatic N) is 2. The second-order valence-electron chi connectivity index (χ2n) is 3.84. The van der Waals surface area contributed by atoms with Crippen molar-refractivity contribution in [3.63, 3.8) is 0 Å². The van der Waals surface area contributed by atoms with Crippen LogP contribution in [-0.2, 0) is 0 Å². The van der Waals surface area contributed by atoms with Crippen LogP contribution in [0.4, 0.5) is 5.82 Å². The van der Waals surface area contributed by atoms with Gasteiger partial charge in [0.2, 0.25) is 5.28 Å². The van der Waals surface area contributed by atoms with Gasteiger partial charge in [-0.15, -0.1) is 0 Å². The molecule has 1 aromatic heterocycles. The van der Waals surface area contributed by atoms with E-state index < -0.39 is 0 Å². The van der Waals surface area contributed by atoms with E-state index in [4.69, 9.17) is 11.6 Å². The van der Waals surface area contributed by atoms with E-state index in [0.29, 0.717) is 17.2 Å². The summed E-state index contributed by atoms with van der Waals surface area (Å²) < 4.78 is 0. The van der Waals surface area contributed by atoms with Crippen molar-refractivity contribution in [2.24, 2.45) is 5.92 Å². The molecule has 0 amide bonds. The molecule has 1 heterocycles. The molecule has 1 N–H and O–H groups in total. The second-order valence-corrected chi connectivity index (χ2v) is 4.18. The van der Waals surface area contributed by atoms with Crippen LogP contribution in [0.3, 0.4) is 0 Å². The molecule has 14 heavy (non-hydrogen) atoms. The number of hydrogen-bond donors (Lipinski definition) is 1. The van der Waals surface area contributed by atoms with Crippen LogP contribution in [-0.4, -0.2) is 16.0 Å². The fourth-order valence-electron chi connectivity index (χ4n) is 1.01. The lowest BCUT2D eigenvalue weighted by Crippen LogP contribution is -2.22. The minimum absolute atomic E-state index is 0.295. The molecule has 78 valence electrons. The van der Waals surface area contributed by atoms with Crippen molar-refractivity contribution in [3.8, 4) is 0 Å². The third kappa shape index (κ3) is 3.14. The summed E-state index contributed by atoms with van der Waals surface area (Å²) in [4.78, 5) is 8.10. The Hall–Kier alpha value is -0.830. The molecule has 0 aliphatic heterocycles. The lowest BCUT2D eigenvalue weighted by molar-refractivity contribution is 0.558. The van der Waals surface area contributed by atoms with Crippen molar-refractivity contribution in [2.75, 3.05) is 5.32 Å². The molecular weight excluding hydrogens is 198 g/mol. The van der Waals surface area contributed by atoms with Gasteiger partial charge in [0, 0.05) is 17.8 Å². The van der Waals surface area contributed by atoms with Gasteiger partial charge >= 0.3 is 0 Å². The maximum absolute atomic E-state index is 5.75. The maximum atomic E-state index is 5.75. The summed E-state index contributed by atoms with van der Waals surface area (Å²) in [6.07, 6.45) is 0. The van der Waals surface area contributed by atoms with Crippen LogP contribution >= 0.6 is 11.6 Å². The largest absolute Gasteiger partial charge is 0.367 e. The van der Waals surface area contributed by atoms with E-state index >= 15 is 0 Å². The molecule has 0 fully saturated rings. The van der Waals surface area contributed by atoms with Crippen molar-refractivity contribution in [1.29, 1.82) is 0 Å². The summed E-state index contributed by atoms with van der Waals surface area (Å²) >= 11 is 5.75. The third-order valence-corrected chi connectivity index (χ3v) is 2.37. The summed E-state index contributed by atoms with van der Waals surface area (Å²) in [7, 11) is 0. The van der Waals surface area contributed by atoms with Crippen molar-refractivity contribution in [3.05, 3.63) is 17.0 Å². The minimum atomic E-state index is 0.295. The molecule has 4 heteroatoms. The molecule has 1 aromatic rings. The molecule has 0 aliphatic carbocycles. The number of nitrogens with one attached hydrogen (secondary N) is 1. The van der Waals surface area contributed by atoms with E-state index in [2.05, 4.69) is 36.1 Å². The molecule has 1 atom stereocenters. The normalized spacial score (nSPS) is 13.0. The molecule has 3 nitrogen and oxygen atoms in total. The number of hydrogen-bond acceptors (Lipinski definition) is 3. The fourth-order valence-corrected chi connectivity index (χ4v) is 1.23. The van der Waals surface area contributed by atoms with Crippen LogP contribution in [0.1, 0.15) is 26.5 Å². The molecule has 0 radical (unpaired) electrons. The Morgan fingerprint density at radius 2 is 1.93 bits per heavy atom. The molecule has 0 aliphatic rings. The van der Waals surface area contributed by atoms with Crippen LogP contribution in [0, 0.1) is 12.8 Å². The average molecular weight is 214 g/mol. The van der Waals surface area contributed by atoms with Gasteiger partial charge in [0.05, 0.1) is 0 Å². The standard InChI is InChI=1S/C10H16ClN3/c1-6(2)8(4)13-9-5-7(3)12-10(11)14-9/h5-6,8H,1-4H3,(H,12,13,14). The van der Waals surface area contributed by atoms with E-state index in [9.17, 15) is 0 Å². The van der Waals surface area contributed by atoms with Crippen molar-refractivity contribution >= 4 is 17.4 Å². The van der Waals surface area contributed by atoms with Crippen LogP contribution in [0.5, 0.6) is 0 Å². The average Bonchev–Trinajstić information content (AvgIpc) is 2.01. The van der Waals surface area contributed by atoms with E-state index in [1.807, 2.05) is 13.0 Å². The first-order valence-corrected chi connectivity index (χ1v) is 5.14. The highest BCUT2D eigenvalue weighted by Crippen LogP contribution is 2.13. The van der Waals surface area contributed by atoms with Gasteiger partial charge in [0.25, 0.3) is 0 Å². The Labute approximate surface area is 89.9 Å². The highest BCUT2D eigenvalue weighted by molar-refractivity contribution is 6.28. The van der Waals surface area contributed by atoms with Gasteiger partial charge in [-0.1, -0.05) is 13.8 Å². The van der Waals surface area contributed by atoms with Gasteiger partial charge in [0.1, 0.15) is 5.82 Å². The smallest absolute Gasteiger partial charge is 0.224 e. The molecular formula is C10H16ClN3. The van der Waals surface area contributed by atoms with Crippen LogP contribution in [0.15, 0.2) is 6.07 Å². The number of anilines is 1. The van der Waals surface area contributed by atoms with Crippen LogP contribution < -0.4 is 5.32 Å². The SMILES string of the molecule is Cc1cc(NC(C)C(C)C)nc(Cl)n1. The molecule has 1 rings (SSSR count). The number of aromatic nitrogens is 2. The number of halogens is 1. The summed E-state index contributed by atoms with van der Waals surface area (Å²) in [6, 6.07) is 2.27. The summed E-state index contributed by atoms with van der Waals surface area (Å²) in [5.41, 5.74) is 0.878. The van der Waals surface area contributed by atoms with E-state index in [1.54, 1.807) is 0 Å². The Morgan fingerprint density at radius 3 is 2.43 bits per heavy atom. The molecule has 0 bridgehead atoms. The van der Waals surface area contributed by atoms with Crippen molar-refractivity contribution in [1.82, 2.24) is 9.97 Å². The molecule has 0 saturated heterocycles. The lowest BCUT2D eigenvalue weighted by Gasteiger charge is -2.18. The maximum Gasteiger partial charge on any atom is 0.224 e. The van der Waals surface area contributed by atoms with Crippen molar-refractivity contribution in [2.45, 2.75) is 33.7 Å². The monoisotopic (exact) mass is 213 g/mol. The zero-order valence-corrected chi connectivity index (χ0v) is 9.76. The Bertz CT molecular complexity index is 292. The highest BCUT2D eigenvalue weighted by atomic mass is 35.5. The van der Waals surface area contributed by atoms with Crippen molar-refractivity contribution < 1.29 is 0 Å². The van der Waals surface area contributed by atoms with Crippen LogP contribution in [0.25, 0.3) is 0 Å². The minimum Gasteiger partial charge on any atom is -0.367 e. The van der Waals surface area contributed by atoms with E-state index in [0.717, 1.165) is 11.5 Å². The van der Waals surface area contributed by atoms with E-state index in [1.165, 1.54) is 0 Å². The fraction of sp³-hybridized carbons (Fsp3) is 0.600. The van der Waals surface area contributed by atoms with Gasteiger partial charge in [-0.05, 0) is 31.4 Å². The number of aryl methyl sites for hydroxylation is 1. The summed E-state index contributed by atoms with van der Waals surface area (Å²) in [6.45, 7) is 8.34. The number of rotatable bonds is 3. The Morgan fingerprint density at radius 1 is 1.29 bits per heavy atom. The summed E-state index contributed by atoms with van der Waals surface area (Å²) in [5, 5.41) is 3.58. The summed E-state index contributed by atoms with van der Waals surface area (Å²) in [5.74, 6) is 1.35.